The third-order valence-electron chi connectivity index (χ3n) is 4.29. The third kappa shape index (κ3) is 5.41. The predicted molar refractivity (Wildman–Crippen MR) is 108 cm³/mol. The van der Waals surface area contributed by atoms with E-state index in [9.17, 15) is 4.79 Å². The Labute approximate surface area is 158 Å². The molecule has 1 fully saturated rings. The maximum atomic E-state index is 12.3. The smallest absolute Gasteiger partial charge is 0.225 e. The summed E-state index contributed by atoms with van der Waals surface area (Å²) in [6.07, 6.45) is 4.23. The molecule has 2 aromatic rings. The molecule has 3 nitrogen and oxygen atoms in total. The van der Waals surface area contributed by atoms with Gasteiger partial charge in [0.05, 0.1) is 11.4 Å². The number of para-hydroxylation sites is 2. The highest BCUT2D eigenvalue weighted by molar-refractivity contribution is 7.99. The maximum absolute atomic E-state index is 12.3. The Hall–Kier alpha value is -1.65. The van der Waals surface area contributed by atoms with Crippen LogP contribution in [0.1, 0.15) is 25.7 Å². The van der Waals surface area contributed by atoms with Crippen LogP contribution in [0.25, 0.3) is 0 Å². The zero-order valence-corrected chi connectivity index (χ0v) is 15.8. The summed E-state index contributed by atoms with van der Waals surface area (Å²) in [5.41, 5.74) is 2.06. The molecule has 0 saturated carbocycles. The molecule has 0 spiro atoms. The van der Waals surface area contributed by atoms with Crippen LogP contribution < -0.4 is 10.2 Å². The Morgan fingerprint density at radius 1 is 1.04 bits per heavy atom. The highest BCUT2D eigenvalue weighted by atomic mass is 35.5. The van der Waals surface area contributed by atoms with Crippen LogP contribution in [0.3, 0.4) is 0 Å². The van der Waals surface area contributed by atoms with Crippen LogP contribution in [0.2, 0.25) is 5.02 Å². The number of rotatable bonds is 6. The molecule has 0 atom stereocenters. The Kier molecular flexibility index (Phi) is 6.65. The fraction of sp³-hybridized carbons (Fsp3) is 0.350. The number of anilines is 2. The van der Waals surface area contributed by atoms with Gasteiger partial charge in [-0.2, -0.15) is 0 Å². The summed E-state index contributed by atoms with van der Waals surface area (Å²) in [5, 5.41) is 3.82. The molecular formula is C20H23ClN2OS. The molecule has 1 heterocycles. The van der Waals surface area contributed by atoms with Crippen molar-refractivity contribution >= 4 is 40.6 Å². The molecule has 0 bridgehead atoms. The quantitative estimate of drug-likeness (QED) is 0.682. The van der Waals surface area contributed by atoms with Crippen molar-refractivity contribution in [2.45, 2.75) is 30.6 Å². The van der Waals surface area contributed by atoms with Crippen molar-refractivity contribution in [3.05, 3.63) is 53.6 Å². The lowest BCUT2D eigenvalue weighted by Crippen LogP contribution is -2.30. The number of hydrogen-bond donors (Lipinski definition) is 1. The molecule has 3 rings (SSSR count). The SMILES string of the molecule is O=C(CCSc1ccc(Cl)cc1)Nc1ccccc1N1CCCCC1. The van der Waals surface area contributed by atoms with Gasteiger partial charge in [0, 0.05) is 35.2 Å². The highest BCUT2D eigenvalue weighted by Gasteiger charge is 2.15. The molecule has 25 heavy (non-hydrogen) atoms. The molecule has 1 N–H and O–H groups in total. The molecule has 1 amide bonds. The number of piperidine rings is 1. The van der Waals surface area contributed by atoms with Crippen molar-refractivity contribution in [2.24, 2.45) is 0 Å². The molecule has 5 heteroatoms. The van der Waals surface area contributed by atoms with Gasteiger partial charge < -0.3 is 10.2 Å². The van der Waals surface area contributed by atoms with E-state index in [1.807, 2.05) is 42.5 Å². The number of thioether (sulfide) groups is 1. The van der Waals surface area contributed by atoms with E-state index in [1.165, 1.54) is 19.3 Å². The summed E-state index contributed by atoms with van der Waals surface area (Å²) in [6.45, 7) is 2.14. The monoisotopic (exact) mass is 374 g/mol. The van der Waals surface area contributed by atoms with Gasteiger partial charge in [0.2, 0.25) is 5.91 Å². The van der Waals surface area contributed by atoms with Crippen molar-refractivity contribution in [2.75, 3.05) is 29.1 Å². The number of benzene rings is 2. The molecule has 0 radical (unpaired) electrons. The van der Waals surface area contributed by atoms with Crippen LogP contribution in [0.5, 0.6) is 0 Å². The zero-order chi connectivity index (χ0) is 17.5. The standard InChI is InChI=1S/C20H23ClN2OS/c21-16-8-10-17(11-9-16)25-15-12-20(24)22-18-6-2-3-7-19(18)23-13-4-1-5-14-23/h2-3,6-11H,1,4-5,12-15H2,(H,22,24). The number of nitrogens with one attached hydrogen (secondary N) is 1. The number of halogens is 1. The molecule has 132 valence electrons. The number of carbonyl (C=O) groups is 1. The van der Waals surface area contributed by atoms with E-state index in [1.54, 1.807) is 11.8 Å². The molecule has 0 aliphatic carbocycles. The normalized spacial score (nSPS) is 14.4. The first-order chi connectivity index (χ1) is 12.2. The fourth-order valence-corrected chi connectivity index (χ4v) is 3.97. The molecule has 0 aromatic heterocycles. The van der Waals surface area contributed by atoms with Crippen LogP contribution in [-0.2, 0) is 4.79 Å². The second kappa shape index (κ2) is 9.16. The summed E-state index contributed by atoms with van der Waals surface area (Å²) >= 11 is 7.56. The number of hydrogen-bond acceptors (Lipinski definition) is 3. The lowest BCUT2D eigenvalue weighted by atomic mass is 10.1. The van der Waals surface area contributed by atoms with Gasteiger partial charge in [-0.25, -0.2) is 0 Å². The largest absolute Gasteiger partial charge is 0.370 e. The summed E-state index contributed by atoms with van der Waals surface area (Å²) < 4.78 is 0. The lowest BCUT2D eigenvalue weighted by molar-refractivity contribution is -0.115. The van der Waals surface area contributed by atoms with Gasteiger partial charge in [-0.3, -0.25) is 4.79 Å². The van der Waals surface area contributed by atoms with Gasteiger partial charge in [-0.15, -0.1) is 11.8 Å². The molecule has 2 aromatic carbocycles. The van der Waals surface area contributed by atoms with Crippen molar-refractivity contribution in [3.63, 3.8) is 0 Å². The molecule has 1 aliphatic heterocycles. The topological polar surface area (TPSA) is 32.3 Å². The third-order valence-corrected chi connectivity index (χ3v) is 5.55. The second-order valence-corrected chi connectivity index (χ2v) is 7.77. The first-order valence-corrected chi connectivity index (χ1v) is 10.1. The van der Waals surface area contributed by atoms with E-state index in [-0.39, 0.29) is 5.91 Å². The Bertz CT molecular complexity index is 699. The first-order valence-electron chi connectivity index (χ1n) is 8.74. The second-order valence-electron chi connectivity index (χ2n) is 6.17. The van der Waals surface area contributed by atoms with E-state index in [2.05, 4.69) is 16.3 Å². The van der Waals surface area contributed by atoms with Gasteiger partial charge in [-0.05, 0) is 55.7 Å². The molecular weight excluding hydrogens is 352 g/mol. The van der Waals surface area contributed by atoms with Gasteiger partial charge in [0.1, 0.15) is 0 Å². The van der Waals surface area contributed by atoms with E-state index in [0.29, 0.717) is 6.42 Å². The van der Waals surface area contributed by atoms with Crippen molar-refractivity contribution < 1.29 is 4.79 Å². The van der Waals surface area contributed by atoms with E-state index >= 15 is 0 Å². The van der Waals surface area contributed by atoms with Gasteiger partial charge in [-0.1, -0.05) is 23.7 Å². The summed E-state index contributed by atoms with van der Waals surface area (Å²) in [5.74, 6) is 0.810. The van der Waals surface area contributed by atoms with Crippen LogP contribution in [0.4, 0.5) is 11.4 Å². The number of nitrogens with zero attached hydrogens (tertiary/aromatic N) is 1. The van der Waals surface area contributed by atoms with E-state index in [0.717, 1.165) is 40.1 Å². The van der Waals surface area contributed by atoms with Gasteiger partial charge in [0.15, 0.2) is 0 Å². The van der Waals surface area contributed by atoms with Crippen molar-refractivity contribution in [1.29, 1.82) is 0 Å². The number of amides is 1. The maximum Gasteiger partial charge on any atom is 0.225 e. The average Bonchev–Trinajstić information content (AvgIpc) is 2.64. The van der Waals surface area contributed by atoms with E-state index in [4.69, 9.17) is 11.6 Å². The van der Waals surface area contributed by atoms with Gasteiger partial charge >= 0.3 is 0 Å². The van der Waals surface area contributed by atoms with Crippen LogP contribution in [-0.4, -0.2) is 24.7 Å². The van der Waals surface area contributed by atoms with Crippen LogP contribution in [0, 0.1) is 0 Å². The van der Waals surface area contributed by atoms with Crippen molar-refractivity contribution in [1.82, 2.24) is 0 Å². The predicted octanol–water partition coefficient (Wildman–Crippen LogP) is 5.45. The van der Waals surface area contributed by atoms with E-state index < -0.39 is 0 Å². The highest BCUT2D eigenvalue weighted by Crippen LogP contribution is 2.28. The number of carbonyl (C=O) groups excluding carboxylic acids is 1. The average molecular weight is 375 g/mol. The fourth-order valence-electron chi connectivity index (χ4n) is 3.00. The van der Waals surface area contributed by atoms with Crippen LogP contribution in [0.15, 0.2) is 53.4 Å². The minimum atomic E-state index is 0.0610. The molecule has 1 saturated heterocycles. The summed E-state index contributed by atoms with van der Waals surface area (Å²) in [7, 11) is 0. The van der Waals surface area contributed by atoms with Crippen molar-refractivity contribution in [3.8, 4) is 0 Å². The van der Waals surface area contributed by atoms with Crippen LogP contribution >= 0.6 is 23.4 Å². The lowest BCUT2D eigenvalue weighted by Gasteiger charge is -2.30. The summed E-state index contributed by atoms with van der Waals surface area (Å²) in [6, 6.07) is 15.8. The molecule has 0 unspecified atom stereocenters. The van der Waals surface area contributed by atoms with Gasteiger partial charge in [0.25, 0.3) is 0 Å². The minimum Gasteiger partial charge on any atom is -0.370 e. The zero-order valence-electron chi connectivity index (χ0n) is 14.2. The molecule has 1 aliphatic rings. The summed E-state index contributed by atoms with van der Waals surface area (Å²) in [4.78, 5) is 15.8. The Balaban J connectivity index is 1.53. The Morgan fingerprint density at radius 3 is 2.52 bits per heavy atom. The minimum absolute atomic E-state index is 0.0610. The first kappa shape index (κ1) is 18.2. The Morgan fingerprint density at radius 2 is 1.76 bits per heavy atom.